The van der Waals surface area contributed by atoms with Crippen molar-refractivity contribution in [2.75, 3.05) is 33.3 Å². The SMILES string of the molecule is COc1ccc2c(c1)c(Cc1nc(CN3CCNCC3)no1)c(C)n2C(=O)c1ccc(Cl)cc1. The molecule has 9 heteroatoms. The number of hydrogen-bond acceptors (Lipinski definition) is 7. The molecule has 2 aromatic carbocycles. The molecule has 0 unspecified atom stereocenters. The van der Waals surface area contributed by atoms with E-state index in [1.54, 1.807) is 35.9 Å². The first-order valence-corrected chi connectivity index (χ1v) is 11.6. The highest BCUT2D eigenvalue weighted by atomic mass is 35.5. The molecule has 0 spiro atoms. The van der Waals surface area contributed by atoms with Crippen molar-refractivity contribution in [2.45, 2.75) is 19.9 Å². The highest BCUT2D eigenvalue weighted by Crippen LogP contribution is 2.32. The number of aromatic nitrogens is 3. The van der Waals surface area contributed by atoms with Crippen LogP contribution in [0.3, 0.4) is 0 Å². The Bertz CT molecular complexity index is 1320. The normalized spacial score (nSPS) is 14.6. The predicted octanol–water partition coefficient (Wildman–Crippen LogP) is 3.68. The standard InChI is InChI=1S/C25H26ClN5O3/c1-16-20(14-24-28-23(29-34-24)15-30-11-9-27-10-12-30)21-13-19(33-2)7-8-22(21)31(16)25(32)17-3-5-18(26)6-4-17/h3-8,13,27H,9-12,14-15H2,1-2H3. The van der Waals surface area contributed by atoms with Crippen LogP contribution in [0.4, 0.5) is 0 Å². The Morgan fingerprint density at radius 1 is 1.18 bits per heavy atom. The molecule has 0 saturated carbocycles. The molecule has 0 radical (unpaired) electrons. The third-order valence-electron chi connectivity index (χ3n) is 6.25. The van der Waals surface area contributed by atoms with Crippen molar-refractivity contribution in [2.24, 2.45) is 0 Å². The Balaban J connectivity index is 1.50. The van der Waals surface area contributed by atoms with Crippen LogP contribution < -0.4 is 10.1 Å². The lowest BCUT2D eigenvalue weighted by molar-refractivity contribution is 0.0963. The van der Waals surface area contributed by atoms with Crippen molar-refractivity contribution in [3.63, 3.8) is 0 Å². The van der Waals surface area contributed by atoms with Crippen LogP contribution >= 0.6 is 11.6 Å². The van der Waals surface area contributed by atoms with Gasteiger partial charge in [-0.3, -0.25) is 14.3 Å². The fraction of sp³-hybridized carbons (Fsp3) is 0.320. The molecule has 1 fully saturated rings. The summed E-state index contributed by atoms with van der Waals surface area (Å²) >= 11 is 6.02. The Morgan fingerprint density at radius 3 is 2.68 bits per heavy atom. The minimum absolute atomic E-state index is 0.125. The molecular weight excluding hydrogens is 454 g/mol. The summed E-state index contributed by atoms with van der Waals surface area (Å²) in [6.07, 6.45) is 0.422. The van der Waals surface area contributed by atoms with Gasteiger partial charge >= 0.3 is 0 Å². The second-order valence-electron chi connectivity index (χ2n) is 8.40. The number of fused-ring (bicyclic) bond motifs is 1. The number of methoxy groups -OCH3 is 1. The summed E-state index contributed by atoms with van der Waals surface area (Å²) in [5, 5.41) is 9.04. The molecule has 176 valence electrons. The van der Waals surface area contributed by atoms with Gasteiger partial charge in [0.1, 0.15) is 5.75 Å². The number of nitrogens with one attached hydrogen (secondary N) is 1. The smallest absolute Gasteiger partial charge is 0.262 e. The molecule has 34 heavy (non-hydrogen) atoms. The van der Waals surface area contributed by atoms with E-state index in [1.165, 1.54) is 0 Å². The van der Waals surface area contributed by atoms with Crippen LogP contribution in [-0.4, -0.2) is 58.8 Å². The molecule has 0 amide bonds. The summed E-state index contributed by atoms with van der Waals surface area (Å²) in [6.45, 7) is 6.45. The van der Waals surface area contributed by atoms with Crippen molar-refractivity contribution in [3.8, 4) is 5.75 Å². The van der Waals surface area contributed by atoms with Gasteiger partial charge in [0.05, 0.1) is 25.6 Å². The summed E-state index contributed by atoms with van der Waals surface area (Å²) in [5.41, 5.74) is 3.13. The van der Waals surface area contributed by atoms with Crippen molar-refractivity contribution in [1.29, 1.82) is 0 Å². The minimum Gasteiger partial charge on any atom is -0.497 e. The topological polar surface area (TPSA) is 85.4 Å². The van der Waals surface area contributed by atoms with Gasteiger partial charge in [0.2, 0.25) is 5.89 Å². The average molecular weight is 480 g/mol. The van der Waals surface area contributed by atoms with E-state index < -0.39 is 0 Å². The maximum atomic E-state index is 13.5. The molecular formula is C25H26ClN5O3. The van der Waals surface area contributed by atoms with Gasteiger partial charge in [0, 0.05) is 47.8 Å². The van der Waals surface area contributed by atoms with E-state index in [0.717, 1.165) is 54.1 Å². The average Bonchev–Trinajstić information content (AvgIpc) is 3.41. The fourth-order valence-corrected chi connectivity index (χ4v) is 4.57. The van der Waals surface area contributed by atoms with Crippen LogP contribution in [0.15, 0.2) is 47.0 Å². The zero-order valence-corrected chi connectivity index (χ0v) is 19.9. The number of piperazine rings is 1. The Hall–Kier alpha value is -3.20. The van der Waals surface area contributed by atoms with Crippen molar-refractivity contribution in [1.82, 2.24) is 24.9 Å². The van der Waals surface area contributed by atoms with Gasteiger partial charge in [-0.1, -0.05) is 16.8 Å². The number of rotatable bonds is 6. The van der Waals surface area contributed by atoms with Gasteiger partial charge < -0.3 is 14.6 Å². The highest BCUT2D eigenvalue weighted by molar-refractivity contribution is 6.30. The zero-order chi connectivity index (χ0) is 23.7. The lowest BCUT2D eigenvalue weighted by atomic mass is 10.1. The van der Waals surface area contributed by atoms with Crippen molar-refractivity contribution < 1.29 is 14.1 Å². The van der Waals surface area contributed by atoms with Crippen LogP contribution in [0.5, 0.6) is 5.75 Å². The van der Waals surface area contributed by atoms with Crippen molar-refractivity contribution in [3.05, 3.63) is 76.0 Å². The minimum atomic E-state index is -0.125. The molecule has 8 nitrogen and oxygen atoms in total. The highest BCUT2D eigenvalue weighted by Gasteiger charge is 2.23. The molecule has 2 aromatic heterocycles. The van der Waals surface area contributed by atoms with Gasteiger partial charge in [-0.05, 0) is 55.0 Å². The largest absolute Gasteiger partial charge is 0.497 e. The molecule has 1 saturated heterocycles. The maximum Gasteiger partial charge on any atom is 0.262 e. The first-order chi connectivity index (χ1) is 16.5. The van der Waals surface area contributed by atoms with E-state index in [2.05, 4.69) is 20.4 Å². The second-order valence-corrected chi connectivity index (χ2v) is 8.84. The number of benzene rings is 2. The van der Waals surface area contributed by atoms with Crippen LogP contribution in [0, 0.1) is 6.92 Å². The monoisotopic (exact) mass is 479 g/mol. The summed E-state index contributed by atoms with van der Waals surface area (Å²) in [5.74, 6) is 1.79. The summed E-state index contributed by atoms with van der Waals surface area (Å²) in [6, 6.07) is 12.6. The molecule has 3 heterocycles. The van der Waals surface area contributed by atoms with Crippen LogP contribution in [0.2, 0.25) is 5.02 Å². The number of hydrogen-bond donors (Lipinski definition) is 1. The zero-order valence-electron chi connectivity index (χ0n) is 19.2. The van der Waals surface area contributed by atoms with Gasteiger partial charge in [0.25, 0.3) is 5.91 Å². The molecule has 1 aliphatic rings. The van der Waals surface area contributed by atoms with E-state index in [9.17, 15) is 4.79 Å². The third-order valence-corrected chi connectivity index (χ3v) is 6.50. The second kappa shape index (κ2) is 9.58. The number of carbonyl (C=O) groups excluding carboxylic acids is 1. The van der Waals surface area contributed by atoms with E-state index in [0.29, 0.717) is 35.3 Å². The van der Waals surface area contributed by atoms with Gasteiger partial charge in [-0.25, -0.2) is 0 Å². The number of ether oxygens (including phenoxy) is 1. The molecule has 0 aliphatic carbocycles. The van der Waals surface area contributed by atoms with Crippen LogP contribution in [0.25, 0.3) is 10.9 Å². The first-order valence-electron chi connectivity index (χ1n) is 11.3. The van der Waals surface area contributed by atoms with Gasteiger partial charge in [0.15, 0.2) is 5.82 Å². The van der Waals surface area contributed by atoms with E-state index in [4.69, 9.17) is 20.9 Å². The third kappa shape index (κ3) is 4.44. The lowest BCUT2D eigenvalue weighted by Gasteiger charge is -2.25. The molecule has 0 bridgehead atoms. The molecule has 5 rings (SSSR count). The number of nitrogens with zero attached hydrogens (tertiary/aromatic N) is 4. The molecule has 0 atom stereocenters. The Labute approximate surface area is 202 Å². The Kier molecular flexibility index (Phi) is 6.36. The first kappa shape index (κ1) is 22.6. The quantitative estimate of drug-likeness (QED) is 0.451. The molecule has 1 aliphatic heterocycles. The van der Waals surface area contributed by atoms with E-state index in [1.807, 2.05) is 25.1 Å². The van der Waals surface area contributed by atoms with E-state index >= 15 is 0 Å². The fourth-order valence-electron chi connectivity index (χ4n) is 4.44. The summed E-state index contributed by atoms with van der Waals surface area (Å²) in [7, 11) is 1.63. The van der Waals surface area contributed by atoms with Crippen molar-refractivity contribution >= 4 is 28.4 Å². The van der Waals surface area contributed by atoms with Gasteiger partial charge in [-0.2, -0.15) is 4.98 Å². The Morgan fingerprint density at radius 2 is 1.94 bits per heavy atom. The van der Waals surface area contributed by atoms with Gasteiger partial charge in [-0.15, -0.1) is 0 Å². The molecule has 1 N–H and O–H groups in total. The molecule has 4 aromatic rings. The lowest BCUT2D eigenvalue weighted by Crippen LogP contribution is -2.43. The number of halogens is 1. The predicted molar refractivity (Wildman–Crippen MR) is 130 cm³/mol. The van der Waals surface area contributed by atoms with Crippen LogP contribution in [0.1, 0.15) is 33.3 Å². The maximum absolute atomic E-state index is 13.5. The van der Waals surface area contributed by atoms with Crippen LogP contribution in [-0.2, 0) is 13.0 Å². The van der Waals surface area contributed by atoms with E-state index in [-0.39, 0.29) is 5.91 Å². The summed E-state index contributed by atoms with van der Waals surface area (Å²) in [4.78, 5) is 20.4. The summed E-state index contributed by atoms with van der Waals surface area (Å²) < 4.78 is 12.8. The number of carbonyl (C=O) groups is 1.